The van der Waals surface area contributed by atoms with Gasteiger partial charge in [-0.05, 0) is 56.5 Å². The molecule has 32 heavy (non-hydrogen) atoms. The van der Waals surface area contributed by atoms with Crippen molar-refractivity contribution in [3.8, 4) is 11.4 Å². The molecule has 1 fully saturated rings. The van der Waals surface area contributed by atoms with E-state index in [9.17, 15) is 9.18 Å². The van der Waals surface area contributed by atoms with Crippen molar-refractivity contribution in [3.05, 3.63) is 71.2 Å². The van der Waals surface area contributed by atoms with Gasteiger partial charge in [-0.2, -0.15) is 0 Å². The van der Waals surface area contributed by atoms with Crippen molar-refractivity contribution in [2.45, 2.75) is 39.3 Å². The number of ether oxygens (including phenoxy) is 1. The molecule has 0 aliphatic carbocycles. The first kappa shape index (κ1) is 20.5. The molecular weight excluding hydrogens is 407 g/mol. The van der Waals surface area contributed by atoms with E-state index in [2.05, 4.69) is 14.9 Å². The van der Waals surface area contributed by atoms with Gasteiger partial charge in [0.15, 0.2) is 0 Å². The van der Waals surface area contributed by atoms with Gasteiger partial charge in [-0.15, -0.1) is 0 Å². The molecule has 5 rings (SSSR count). The standard InChI is InChI=1S/C25H25FN4O2/c1-15-16(2)30(14-17-8-7-13-32-17)24(29-25(31)18-9-3-4-10-19(18)26)22(15)23-27-20-11-5-6-12-21(20)28-23/h3-6,9-12,17H,7-8,13-14H2,1-2H3,(H,27,28)(H,29,31)/t17-/m1/s1. The third-order valence-electron chi connectivity index (χ3n) is 6.22. The molecule has 4 aromatic rings. The maximum absolute atomic E-state index is 14.3. The highest BCUT2D eigenvalue weighted by Crippen LogP contribution is 2.37. The smallest absolute Gasteiger partial charge is 0.259 e. The molecule has 6 nitrogen and oxygen atoms in total. The average Bonchev–Trinajstić information content (AvgIpc) is 3.50. The molecule has 7 heteroatoms. The van der Waals surface area contributed by atoms with Crippen LogP contribution in [-0.4, -0.2) is 33.2 Å². The fourth-order valence-electron chi connectivity index (χ4n) is 4.39. The number of carbonyl (C=O) groups is 1. The number of halogens is 1. The highest BCUT2D eigenvalue weighted by Gasteiger charge is 2.27. The molecule has 0 spiro atoms. The minimum Gasteiger partial charge on any atom is -0.376 e. The lowest BCUT2D eigenvalue weighted by molar-refractivity contribution is 0.0961. The van der Waals surface area contributed by atoms with Crippen molar-refractivity contribution in [2.24, 2.45) is 0 Å². The lowest BCUT2D eigenvalue weighted by Crippen LogP contribution is -2.21. The van der Waals surface area contributed by atoms with E-state index in [0.717, 1.165) is 47.3 Å². The minimum atomic E-state index is -0.555. The van der Waals surface area contributed by atoms with Crippen molar-refractivity contribution in [1.29, 1.82) is 0 Å². The molecule has 0 bridgehead atoms. The van der Waals surface area contributed by atoms with Gasteiger partial charge in [0.05, 0.1) is 34.8 Å². The highest BCUT2D eigenvalue weighted by molar-refractivity contribution is 6.06. The third-order valence-corrected chi connectivity index (χ3v) is 6.22. The van der Waals surface area contributed by atoms with E-state index >= 15 is 0 Å². The summed E-state index contributed by atoms with van der Waals surface area (Å²) in [5.74, 6) is 0.219. The van der Waals surface area contributed by atoms with Gasteiger partial charge in [0, 0.05) is 12.3 Å². The van der Waals surface area contributed by atoms with Crippen LogP contribution < -0.4 is 5.32 Å². The van der Waals surface area contributed by atoms with E-state index in [0.29, 0.717) is 18.2 Å². The van der Waals surface area contributed by atoms with Crippen LogP contribution in [-0.2, 0) is 11.3 Å². The summed E-state index contributed by atoms with van der Waals surface area (Å²) in [4.78, 5) is 21.2. The number of fused-ring (bicyclic) bond motifs is 1. The summed E-state index contributed by atoms with van der Waals surface area (Å²) >= 11 is 0. The maximum atomic E-state index is 14.3. The zero-order chi connectivity index (χ0) is 22.2. The Kier molecular flexibility index (Phi) is 5.27. The third kappa shape index (κ3) is 3.58. The largest absolute Gasteiger partial charge is 0.376 e. The van der Waals surface area contributed by atoms with E-state index in [1.54, 1.807) is 12.1 Å². The monoisotopic (exact) mass is 432 g/mol. The number of nitrogens with zero attached hydrogens (tertiary/aromatic N) is 2. The molecule has 2 N–H and O–H groups in total. The van der Waals surface area contributed by atoms with Gasteiger partial charge in [0.2, 0.25) is 0 Å². The quantitative estimate of drug-likeness (QED) is 0.454. The van der Waals surface area contributed by atoms with Crippen LogP contribution in [0.15, 0.2) is 48.5 Å². The maximum Gasteiger partial charge on any atom is 0.259 e. The van der Waals surface area contributed by atoms with Crippen LogP contribution in [0.1, 0.15) is 34.5 Å². The molecule has 1 aliphatic heterocycles. The number of benzene rings is 2. The Morgan fingerprint density at radius 1 is 1.22 bits per heavy atom. The van der Waals surface area contributed by atoms with E-state index < -0.39 is 11.7 Å². The van der Waals surface area contributed by atoms with E-state index in [4.69, 9.17) is 9.72 Å². The SMILES string of the molecule is Cc1c(-c2nc3ccccc3[nH]2)c(NC(=O)c2ccccc2F)n(C[C@H]2CCCO2)c1C. The molecular formula is C25H25FN4O2. The molecule has 1 saturated heterocycles. The molecule has 1 atom stereocenters. The Hall–Kier alpha value is -3.45. The second kappa shape index (κ2) is 8.24. The lowest BCUT2D eigenvalue weighted by Gasteiger charge is -2.17. The van der Waals surface area contributed by atoms with Crippen LogP contribution in [0.2, 0.25) is 0 Å². The number of aromatic nitrogens is 3. The molecule has 3 heterocycles. The Labute approximate surface area is 185 Å². The zero-order valence-electron chi connectivity index (χ0n) is 18.1. The molecule has 0 radical (unpaired) electrons. The molecule has 0 unspecified atom stereocenters. The molecule has 1 amide bonds. The first-order valence-electron chi connectivity index (χ1n) is 10.8. The average molecular weight is 432 g/mol. The molecule has 2 aromatic heterocycles. The van der Waals surface area contributed by atoms with E-state index in [1.165, 1.54) is 12.1 Å². The number of aromatic amines is 1. The molecule has 2 aromatic carbocycles. The van der Waals surface area contributed by atoms with Crippen molar-refractivity contribution in [1.82, 2.24) is 14.5 Å². The normalized spacial score (nSPS) is 16.0. The van der Waals surface area contributed by atoms with Crippen molar-refractivity contribution >= 4 is 22.8 Å². The Balaban J connectivity index is 1.63. The first-order chi connectivity index (χ1) is 15.5. The van der Waals surface area contributed by atoms with Crippen molar-refractivity contribution in [3.63, 3.8) is 0 Å². The number of carbonyl (C=O) groups excluding carboxylic acids is 1. The van der Waals surface area contributed by atoms with Gasteiger partial charge in [-0.1, -0.05) is 24.3 Å². The minimum absolute atomic E-state index is 0.00299. The number of rotatable bonds is 5. The predicted octanol–water partition coefficient (Wildman–Crippen LogP) is 5.22. The van der Waals surface area contributed by atoms with Crippen LogP contribution in [0.25, 0.3) is 22.4 Å². The summed E-state index contributed by atoms with van der Waals surface area (Å²) in [6.45, 7) is 5.40. The number of para-hydroxylation sites is 2. The summed E-state index contributed by atoms with van der Waals surface area (Å²) in [5, 5.41) is 2.98. The topological polar surface area (TPSA) is 71.9 Å². The number of hydrogen-bond acceptors (Lipinski definition) is 3. The van der Waals surface area contributed by atoms with Crippen LogP contribution in [0.5, 0.6) is 0 Å². The lowest BCUT2D eigenvalue weighted by atomic mass is 10.1. The summed E-state index contributed by atoms with van der Waals surface area (Å²) in [6, 6.07) is 13.8. The number of amides is 1. The van der Waals surface area contributed by atoms with Gasteiger partial charge < -0.3 is 19.6 Å². The molecule has 1 aliphatic rings. The van der Waals surface area contributed by atoms with Crippen LogP contribution in [0.3, 0.4) is 0 Å². The second-order valence-electron chi connectivity index (χ2n) is 8.22. The number of anilines is 1. The Morgan fingerprint density at radius 2 is 2.00 bits per heavy atom. The number of nitrogens with one attached hydrogen (secondary N) is 2. The van der Waals surface area contributed by atoms with Crippen molar-refractivity contribution in [2.75, 3.05) is 11.9 Å². The van der Waals surface area contributed by atoms with Gasteiger partial charge in [0.1, 0.15) is 17.5 Å². The summed E-state index contributed by atoms with van der Waals surface area (Å²) in [7, 11) is 0. The second-order valence-corrected chi connectivity index (χ2v) is 8.22. The van der Waals surface area contributed by atoms with Crippen LogP contribution in [0, 0.1) is 19.7 Å². The van der Waals surface area contributed by atoms with Crippen LogP contribution >= 0.6 is 0 Å². The highest BCUT2D eigenvalue weighted by atomic mass is 19.1. The predicted molar refractivity (Wildman–Crippen MR) is 122 cm³/mol. The summed E-state index contributed by atoms with van der Waals surface area (Å²) < 4.78 is 22.2. The Bertz CT molecular complexity index is 1270. The number of imidazole rings is 1. The van der Waals surface area contributed by atoms with Gasteiger partial charge in [-0.25, -0.2) is 9.37 Å². The van der Waals surface area contributed by atoms with Gasteiger partial charge in [-0.3, -0.25) is 4.79 Å². The fourth-order valence-corrected chi connectivity index (χ4v) is 4.39. The summed E-state index contributed by atoms with van der Waals surface area (Å²) in [6.07, 6.45) is 2.07. The van der Waals surface area contributed by atoms with E-state index in [1.807, 2.05) is 38.1 Å². The van der Waals surface area contributed by atoms with Gasteiger partial charge >= 0.3 is 0 Å². The number of H-pyrrole nitrogens is 1. The van der Waals surface area contributed by atoms with E-state index in [-0.39, 0.29) is 11.7 Å². The van der Waals surface area contributed by atoms with Crippen LogP contribution in [0.4, 0.5) is 10.2 Å². The zero-order valence-corrected chi connectivity index (χ0v) is 18.1. The first-order valence-corrected chi connectivity index (χ1v) is 10.8. The van der Waals surface area contributed by atoms with Gasteiger partial charge in [0.25, 0.3) is 5.91 Å². The summed E-state index contributed by atoms with van der Waals surface area (Å²) in [5.41, 5.74) is 4.59. The fraction of sp³-hybridized carbons (Fsp3) is 0.280. The molecule has 164 valence electrons. The Morgan fingerprint density at radius 3 is 2.75 bits per heavy atom. The molecule has 0 saturated carbocycles. The number of hydrogen-bond donors (Lipinski definition) is 2. The van der Waals surface area contributed by atoms with Crippen molar-refractivity contribution < 1.29 is 13.9 Å².